The predicted molar refractivity (Wildman–Crippen MR) is 132 cm³/mol. The number of aromatic nitrogens is 2. The Morgan fingerprint density at radius 2 is 2.00 bits per heavy atom. The number of halogens is 1. The molecule has 1 aromatic heterocycles. The topological polar surface area (TPSA) is 76.5 Å². The molecule has 0 radical (unpaired) electrons. The van der Waals surface area contributed by atoms with Crippen LogP contribution in [0.4, 0.5) is 4.39 Å². The average Bonchev–Trinajstić information content (AvgIpc) is 2.86. The number of carbonyl (C=O) groups excluding carboxylic acids is 1. The largest absolute Gasteiger partial charge is 0.472 e. The van der Waals surface area contributed by atoms with Crippen LogP contribution in [0.25, 0.3) is 5.69 Å². The quantitative estimate of drug-likeness (QED) is 0.474. The van der Waals surface area contributed by atoms with Gasteiger partial charge in [-0.3, -0.25) is 9.59 Å². The molecule has 1 saturated heterocycles. The van der Waals surface area contributed by atoms with Gasteiger partial charge >= 0.3 is 0 Å². The maximum atomic E-state index is 13.4. The second-order valence-electron chi connectivity index (χ2n) is 9.04. The van der Waals surface area contributed by atoms with Gasteiger partial charge in [-0.2, -0.15) is 4.68 Å². The number of hydrogen-bond donors (Lipinski definition) is 1. The average molecular weight is 479 g/mol. The number of nitrogens with one attached hydrogen (secondary N) is 1. The SMILES string of the molecule is C[C@@H]1CCCN(CCCNC(=O)c2ccc(-n3nc(OCc4cccc(F)c4)ccc3=O)cc2)C1. The van der Waals surface area contributed by atoms with Gasteiger partial charge in [0.25, 0.3) is 11.5 Å². The van der Waals surface area contributed by atoms with Gasteiger partial charge in [-0.05, 0) is 80.2 Å². The Balaban J connectivity index is 1.31. The van der Waals surface area contributed by atoms with E-state index in [9.17, 15) is 14.0 Å². The number of ether oxygens (including phenoxy) is 1. The van der Waals surface area contributed by atoms with Crippen molar-refractivity contribution in [3.8, 4) is 11.6 Å². The molecule has 1 atom stereocenters. The summed E-state index contributed by atoms with van der Waals surface area (Å²) >= 11 is 0. The number of rotatable bonds is 9. The Kier molecular flexibility index (Phi) is 8.26. The van der Waals surface area contributed by atoms with E-state index >= 15 is 0 Å². The van der Waals surface area contributed by atoms with E-state index in [1.54, 1.807) is 36.4 Å². The number of likely N-dealkylation sites (tertiary alicyclic amines) is 1. The first-order chi connectivity index (χ1) is 17.0. The van der Waals surface area contributed by atoms with E-state index in [1.807, 2.05) is 0 Å². The summed E-state index contributed by atoms with van der Waals surface area (Å²) in [7, 11) is 0. The number of benzene rings is 2. The molecule has 1 aliphatic rings. The summed E-state index contributed by atoms with van der Waals surface area (Å²) in [5, 5.41) is 7.22. The van der Waals surface area contributed by atoms with Crippen molar-refractivity contribution in [3.63, 3.8) is 0 Å². The fraction of sp³-hybridized carbons (Fsp3) is 0.370. The lowest BCUT2D eigenvalue weighted by atomic mass is 10.0. The van der Waals surface area contributed by atoms with Crippen molar-refractivity contribution in [2.45, 2.75) is 32.8 Å². The molecular formula is C27H31FN4O3. The van der Waals surface area contributed by atoms with Crippen molar-refractivity contribution in [3.05, 3.63) is 88.0 Å². The van der Waals surface area contributed by atoms with E-state index in [-0.39, 0.29) is 29.8 Å². The van der Waals surface area contributed by atoms with Gasteiger partial charge in [-0.25, -0.2) is 4.39 Å². The molecule has 1 amide bonds. The highest BCUT2D eigenvalue weighted by Crippen LogP contribution is 2.15. The molecule has 8 heteroatoms. The highest BCUT2D eigenvalue weighted by Gasteiger charge is 2.15. The lowest BCUT2D eigenvalue weighted by Crippen LogP contribution is -2.36. The summed E-state index contributed by atoms with van der Waals surface area (Å²) in [6.45, 7) is 6.31. The van der Waals surface area contributed by atoms with Crippen LogP contribution in [0.15, 0.2) is 65.5 Å². The van der Waals surface area contributed by atoms with Crippen molar-refractivity contribution < 1.29 is 13.9 Å². The van der Waals surface area contributed by atoms with Gasteiger partial charge in [0.15, 0.2) is 0 Å². The minimum atomic E-state index is -0.343. The molecule has 2 aromatic carbocycles. The van der Waals surface area contributed by atoms with Crippen molar-refractivity contribution in [1.82, 2.24) is 20.0 Å². The number of hydrogen-bond acceptors (Lipinski definition) is 5. The molecule has 0 aliphatic carbocycles. The highest BCUT2D eigenvalue weighted by molar-refractivity contribution is 5.94. The summed E-state index contributed by atoms with van der Waals surface area (Å²) in [5.74, 6) is 0.499. The summed E-state index contributed by atoms with van der Waals surface area (Å²) in [4.78, 5) is 27.3. The standard InChI is InChI=1S/C27H31FN4O3/c1-20-5-3-15-31(18-20)16-4-14-29-27(34)22-8-10-24(11-9-22)32-26(33)13-12-25(30-32)35-19-21-6-2-7-23(28)17-21/h2,6-13,17,20H,3-5,14-16,18-19H2,1H3,(H,29,34)/t20-/m1/s1. The molecule has 3 aromatic rings. The smallest absolute Gasteiger partial charge is 0.271 e. The zero-order chi connectivity index (χ0) is 24.6. The third-order valence-corrected chi connectivity index (χ3v) is 6.10. The Morgan fingerprint density at radius 1 is 1.17 bits per heavy atom. The molecule has 184 valence electrons. The summed E-state index contributed by atoms with van der Waals surface area (Å²) in [6.07, 6.45) is 3.47. The van der Waals surface area contributed by atoms with Gasteiger partial charge in [0.1, 0.15) is 12.4 Å². The minimum Gasteiger partial charge on any atom is -0.472 e. The van der Waals surface area contributed by atoms with Crippen LogP contribution >= 0.6 is 0 Å². The molecule has 1 fully saturated rings. The molecule has 0 saturated carbocycles. The van der Waals surface area contributed by atoms with E-state index in [2.05, 4.69) is 22.2 Å². The molecule has 0 unspecified atom stereocenters. The van der Waals surface area contributed by atoms with Crippen LogP contribution in [0, 0.1) is 11.7 Å². The van der Waals surface area contributed by atoms with Gasteiger partial charge in [0.2, 0.25) is 5.88 Å². The van der Waals surface area contributed by atoms with Crippen molar-refractivity contribution >= 4 is 5.91 Å². The van der Waals surface area contributed by atoms with Gasteiger partial charge in [0, 0.05) is 30.8 Å². The molecule has 2 heterocycles. The summed E-state index contributed by atoms with van der Waals surface area (Å²) < 4.78 is 20.2. The molecule has 1 N–H and O–H groups in total. The normalized spacial score (nSPS) is 16.1. The number of piperidine rings is 1. The van der Waals surface area contributed by atoms with Crippen LogP contribution in [-0.4, -0.2) is 46.8 Å². The van der Waals surface area contributed by atoms with Crippen LogP contribution in [0.1, 0.15) is 42.1 Å². The highest BCUT2D eigenvalue weighted by atomic mass is 19.1. The second kappa shape index (κ2) is 11.8. The van der Waals surface area contributed by atoms with E-state index in [0.29, 0.717) is 23.4 Å². The van der Waals surface area contributed by atoms with Crippen molar-refractivity contribution in [2.75, 3.05) is 26.2 Å². The lowest BCUT2D eigenvalue weighted by Gasteiger charge is -2.30. The molecule has 35 heavy (non-hydrogen) atoms. The fourth-order valence-corrected chi connectivity index (χ4v) is 4.29. The third kappa shape index (κ3) is 6.99. The molecule has 4 rings (SSSR count). The Morgan fingerprint density at radius 3 is 2.77 bits per heavy atom. The van der Waals surface area contributed by atoms with Gasteiger partial charge in [-0.15, -0.1) is 5.10 Å². The van der Waals surface area contributed by atoms with Crippen LogP contribution in [0.2, 0.25) is 0 Å². The zero-order valence-electron chi connectivity index (χ0n) is 20.0. The monoisotopic (exact) mass is 478 g/mol. The Labute approximate surface area is 204 Å². The maximum absolute atomic E-state index is 13.4. The maximum Gasteiger partial charge on any atom is 0.271 e. The Bertz CT molecular complexity index is 1200. The van der Waals surface area contributed by atoms with Gasteiger partial charge in [-0.1, -0.05) is 19.1 Å². The predicted octanol–water partition coefficient (Wildman–Crippen LogP) is 3.80. The fourth-order valence-electron chi connectivity index (χ4n) is 4.29. The van der Waals surface area contributed by atoms with Crippen LogP contribution in [-0.2, 0) is 6.61 Å². The lowest BCUT2D eigenvalue weighted by molar-refractivity contribution is 0.0950. The van der Waals surface area contributed by atoms with Crippen LogP contribution < -0.4 is 15.6 Å². The number of nitrogens with zero attached hydrogens (tertiary/aromatic N) is 3. The van der Waals surface area contributed by atoms with Gasteiger partial charge < -0.3 is 15.0 Å². The zero-order valence-corrected chi connectivity index (χ0v) is 20.0. The van der Waals surface area contributed by atoms with Crippen LogP contribution in [0.3, 0.4) is 0 Å². The van der Waals surface area contributed by atoms with Gasteiger partial charge in [0.05, 0.1) is 5.69 Å². The molecule has 1 aliphatic heterocycles. The van der Waals surface area contributed by atoms with Crippen LogP contribution in [0.5, 0.6) is 5.88 Å². The molecule has 0 bridgehead atoms. The van der Waals surface area contributed by atoms with E-state index in [1.165, 1.54) is 41.8 Å². The number of carbonyl (C=O) groups is 1. The first-order valence-electron chi connectivity index (χ1n) is 12.1. The third-order valence-electron chi connectivity index (χ3n) is 6.10. The molecule has 7 nitrogen and oxygen atoms in total. The first kappa shape index (κ1) is 24.6. The first-order valence-corrected chi connectivity index (χ1v) is 12.1. The van der Waals surface area contributed by atoms with E-state index in [4.69, 9.17) is 4.74 Å². The second-order valence-corrected chi connectivity index (χ2v) is 9.04. The molecule has 0 spiro atoms. The van der Waals surface area contributed by atoms with E-state index in [0.717, 1.165) is 32.0 Å². The van der Waals surface area contributed by atoms with Crippen molar-refractivity contribution in [2.24, 2.45) is 5.92 Å². The van der Waals surface area contributed by atoms with Crippen molar-refractivity contribution in [1.29, 1.82) is 0 Å². The minimum absolute atomic E-state index is 0.124. The summed E-state index contributed by atoms with van der Waals surface area (Å²) in [5.41, 5.74) is 1.37. The number of amides is 1. The molecular weight excluding hydrogens is 447 g/mol. The summed E-state index contributed by atoms with van der Waals surface area (Å²) in [6, 6.07) is 15.6. The Hall–Kier alpha value is -3.52. The van der Waals surface area contributed by atoms with E-state index < -0.39 is 0 Å².